The molecule has 1 aromatic carbocycles. The van der Waals surface area contributed by atoms with E-state index in [1.165, 1.54) is 4.31 Å². The molecule has 182 valence electrons. The second-order valence-corrected chi connectivity index (χ2v) is 12.5. The van der Waals surface area contributed by atoms with E-state index in [9.17, 15) is 18.0 Å². The number of carbonyl (C=O) groups excluding carboxylic acids is 2. The summed E-state index contributed by atoms with van der Waals surface area (Å²) in [6.07, 6.45) is 3.97. The second-order valence-electron chi connectivity index (χ2n) is 9.07. The highest BCUT2D eigenvalue weighted by molar-refractivity contribution is 8.01. The summed E-state index contributed by atoms with van der Waals surface area (Å²) in [6.45, 7) is 8.56. The van der Waals surface area contributed by atoms with E-state index < -0.39 is 16.1 Å². The highest BCUT2D eigenvalue weighted by atomic mass is 32.2. The summed E-state index contributed by atoms with van der Waals surface area (Å²) in [5.74, 6) is 0.288. The lowest BCUT2D eigenvalue weighted by molar-refractivity contribution is -0.135. The van der Waals surface area contributed by atoms with E-state index in [0.717, 1.165) is 44.5 Å². The van der Waals surface area contributed by atoms with Crippen LogP contribution < -0.4 is 10.2 Å². The molecule has 1 N–H and O–H groups in total. The van der Waals surface area contributed by atoms with Crippen molar-refractivity contribution >= 4 is 45.0 Å². The van der Waals surface area contributed by atoms with Crippen molar-refractivity contribution in [2.24, 2.45) is 0 Å². The molecule has 0 bridgehead atoms. The summed E-state index contributed by atoms with van der Waals surface area (Å²) in [5, 5.41) is 3.00. The van der Waals surface area contributed by atoms with Crippen LogP contribution in [0, 0.1) is 0 Å². The molecule has 3 aliphatic rings. The van der Waals surface area contributed by atoms with Gasteiger partial charge in [0.15, 0.2) is 0 Å². The molecule has 10 heteroatoms. The maximum Gasteiger partial charge on any atom is 0.248 e. The number of nitrogens with zero attached hydrogens (tertiary/aromatic N) is 3. The quantitative estimate of drug-likeness (QED) is 0.627. The zero-order chi connectivity index (χ0) is 23.8. The maximum absolute atomic E-state index is 13.4. The molecule has 8 nitrogen and oxygen atoms in total. The first-order valence-corrected chi connectivity index (χ1v) is 14.3. The number of rotatable bonds is 7. The number of sulfonamides is 1. The van der Waals surface area contributed by atoms with Gasteiger partial charge in [-0.2, -0.15) is 4.31 Å². The molecule has 0 radical (unpaired) electrons. The highest BCUT2D eigenvalue weighted by Gasteiger charge is 2.53. The van der Waals surface area contributed by atoms with Crippen LogP contribution in [0.3, 0.4) is 0 Å². The number of amides is 2. The normalized spacial score (nSPS) is 25.8. The van der Waals surface area contributed by atoms with Gasteiger partial charge in [-0.05, 0) is 58.2 Å². The lowest BCUT2D eigenvalue weighted by atomic mass is 10.2. The van der Waals surface area contributed by atoms with E-state index in [-0.39, 0.29) is 21.6 Å². The molecule has 3 aliphatic heterocycles. The third-order valence-corrected chi connectivity index (χ3v) is 10.4. The van der Waals surface area contributed by atoms with Crippen LogP contribution in [0.5, 0.6) is 0 Å². The Bertz CT molecular complexity index is 1020. The van der Waals surface area contributed by atoms with Crippen molar-refractivity contribution in [1.82, 2.24) is 9.21 Å². The summed E-state index contributed by atoms with van der Waals surface area (Å²) in [7, 11) is -3.63. The van der Waals surface area contributed by atoms with Crippen LogP contribution in [0.2, 0.25) is 0 Å². The SMILES string of the molecule is CCN(CC)c1ccc(S(=O)(=O)N2CCCCC2)cc1NC(=O)[C@@H]1CS[C@]2(C)CCC(=O)N12. The Kier molecular flexibility index (Phi) is 6.98. The Hall–Kier alpha value is -1.78. The number of carbonyl (C=O) groups is 2. The Morgan fingerprint density at radius 3 is 2.58 bits per heavy atom. The van der Waals surface area contributed by atoms with Crippen LogP contribution >= 0.6 is 11.8 Å². The number of hydrogen-bond donors (Lipinski definition) is 1. The van der Waals surface area contributed by atoms with E-state index in [1.54, 1.807) is 34.9 Å². The Morgan fingerprint density at radius 2 is 1.91 bits per heavy atom. The molecule has 1 aromatic rings. The van der Waals surface area contributed by atoms with Gasteiger partial charge in [0.2, 0.25) is 21.8 Å². The van der Waals surface area contributed by atoms with E-state index in [2.05, 4.69) is 10.2 Å². The van der Waals surface area contributed by atoms with Crippen molar-refractivity contribution in [3.05, 3.63) is 18.2 Å². The number of benzene rings is 1. The van der Waals surface area contributed by atoms with Crippen molar-refractivity contribution in [2.45, 2.75) is 68.7 Å². The van der Waals surface area contributed by atoms with Crippen molar-refractivity contribution < 1.29 is 18.0 Å². The third kappa shape index (κ3) is 4.49. The van der Waals surface area contributed by atoms with E-state index in [4.69, 9.17) is 0 Å². The van der Waals surface area contributed by atoms with Gasteiger partial charge in [-0.15, -0.1) is 11.8 Å². The molecule has 0 aromatic heterocycles. The first-order chi connectivity index (χ1) is 15.7. The lowest BCUT2D eigenvalue weighted by Gasteiger charge is -2.31. The molecule has 0 spiro atoms. The number of fused-ring (bicyclic) bond motifs is 1. The van der Waals surface area contributed by atoms with Crippen molar-refractivity contribution in [3.63, 3.8) is 0 Å². The molecule has 3 fully saturated rings. The van der Waals surface area contributed by atoms with Gasteiger partial charge in [0.05, 0.1) is 21.1 Å². The largest absolute Gasteiger partial charge is 0.370 e. The number of anilines is 2. The highest BCUT2D eigenvalue weighted by Crippen LogP contribution is 2.47. The number of hydrogen-bond acceptors (Lipinski definition) is 6. The summed E-state index contributed by atoms with van der Waals surface area (Å²) >= 11 is 1.64. The summed E-state index contributed by atoms with van der Waals surface area (Å²) in [5.41, 5.74) is 1.26. The number of piperidine rings is 1. The fourth-order valence-corrected chi connectivity index (χ4v) is 8.08. The minimum absolute atomic E-state index is 0.00745. The van der Waals surface area contributed by atoms with Crippen LogP contribution in [-0.2, 0) is 19.6 Å². The standard InChI is InChI=1S/C23H34N4O4S2/c1-4-25(5-2)19-10-9-17(33(30,31)26-13-7-6-8-14-26)15-18(19)24-22(29)20-16-32-23(3)12-11-21(28)27(20)23/h9-10,15,20H,4-8,11-14,16H2,1-3H3,(H,24,29)/t20-,23+/m0/s1. The topological polar surface area (TPSA) is 90.0 Å². The minimum atomic E-state index is -3.63. The smallest absolute Gasteiger partial charge is 0.248 e. The first-order valence-electron chi connectivity index (χ1n) is 11.9. The summed E-state index contributed by atoms with van der Waals surface area (Å²) < 4.78 is 28.1. The molecular weight excluding hydrogens is 460 g/mol. The van der Waals surface area contributed by atoms with Gasteiger partial charge in [0, 0.05) is 38.4 Å². The third-order valence-electron chi connectivity index (χ3n) is 7.03. The Labute approximate surface area is 201 Å². The van der Waals surface area contributed by atoms with E-state index >= 15 is 0 Å². The minimum Gasteiger partial charge on any atom is -0.370 e. The second kappa shape index (κ2) is 9.46. The van der Waals surface area contributed by atoms with Gasteiger partial charge >= 0.3 is 0 Å². The summed E-state index contributed by atoms with van der Waals surface area (Å²) in [4.78, 5) is 29.5. The Morgan fingerprint density at radius 1 is 1.21 bits per heavy atom. The van der Waals surface area contributed by atoms with Crippen LogP contribution in [-0.4, -0.2) is 72.3 Å². The molecule has 0 aliphatic carbocycles. The lowest BCUT2D eigenvalue weighted by Crippen LogP contribution is -2.48. The fraction of sp³-hybridized carbons (Fsp3) is 0.652. The zero-order valence-electron chi connectivity index (χ0n) is 19.7. The fourth-order valence-electron chi connectivity index (χ4n) is 5.10. The predicted molar refractivity (Wildman–Crippen MR) is 132 cm³/mol. The van der Waals surface area contributed by atoms with Gasteiger partial charge < -0.3 is 15.1 Å². The van der Waals surface area contributed by atoms with Gasteiger partial charge in [0.25, 0.3) is 0 Å². The van der Waals surface area contributed by atoms with E-state index in [0.29, 0.717) is 31.0 Å². The first kappa shape index (κ1) is 24.3. The monoisotopic (exact) mass is 494 g/mol. The van der Waals surface area contributed by atoms with E-state index in [1.807, 2.05) is 20.8 Å². The molecule has 33 heavy (non-hydrogen) atoms. The van der Waals surface area contributed by atoms with Crippen molar-refractivity contribution in [2.75, 3.05) is 42.1 Å². The van der Waals surface area contributed by atoms with Crippen molar-refractivity contribution in [3.8, 4) is 0 Å². The van der Waals surface area contributed by atoms with Gasteiger partial charge in [-0.3, -0.25) is 9.59 Å². The van der Waals surface area contributed by atoms with Gasteiger partial charge in [-0.1, -0.05) is 6.42 Å². The van der Waals surface area contributed by atoms with Gasteiger partial charge in [0.1, 0.15) is 6.04 Å². The molecule has 0 saturated carbocycles. The molecule has 2 amide bonds. The average molecular weight is 495 g/mol. The van der Waals surface area contributed by atoms with Crippen LogP contribution in [0.1, 0.15) is 52.9 Å². The average Bonchev–Trinajstić information content (AvgIpc) is 3.31. The Balaban J connectivity index is 1.65. The zero-order valence-corrected chi connectivity index (χ0v) is 21.3. The van der Waals surface area contributed by atoms with Crippen molar-refractivity contribution in [1.29, 1.82) is 0 Å². The van der Waals surface area contributed by atoms with Crippen LogP contribution in [0.15, 0.2) is 23.1 Å². The molecule has 0 unspecified atom stereocenters. The molecule has 3 saturated heterocycles. The van der Waals surface area contributed by atoms with Crippen LogP contribution in [0.25, 0.3) is 0 Å². The van der Waals surface area contributed by atoms with Crippen LogP contribution in [0.4, 0.5) is 11.4 Å². The number of nitrogens with one attached hydrogen (secondary N) is 1. The molecule has 4 rings (SSSR count). The maximum atomic E-state index is 13.4. The molecule has 2 atom stereocenters. The molecular formula is C23H34N4O4S2. The summed E-state index contributed by atoms with van der Waals surface area (Å²) in [6, 6.07) is 4.46. The van der Waals surface area contributed by atoms with Gasteiger partial charge in [-0.25, -0.2) is 8.42 Å². The predicted octanol–water partition coefficient (Wildman–Crippen LogP) is 3.10. The number of thioether (sulfide) groups is 1. The molecule has 3 heterocycles.